The van der Waals surface area contributed by atoms with Crippen LogP contribution in [0.4, 0.5) is 0 Å². The van der Waals surface area contributed by atoms with Gasteiger partial charge in [0.1, 0.15) is 0 Å². The van der Waals surface area contributed by atoms with E-state index in [9.17, 15) is 0 Å². The van der Waals surface area contributed by atoms with Gasteiger partial charge < -0.3 is 5.32 Å². The number of hydrogen-bond donors (Lipinski definition) is 1. The minimum Gasteiger partial charge on any atom is -0.316 e. The lowest BCUT2D eigenvalue weighted by atomic mass is 10.2. The van der Waals surface area contributed by atoms with Crippen LogP contribution in [0, 0.1) is 11.8 Å². The van der Waals surface area contributed by atoms with Gasteiger partial charge in [-0.05, 0) is 18.9 Å². The van der Waals surface area contributed by atoms with Crippen LogP contribution in [0.15, 0.2) is 0 Å². The van der Waals surface area contributed by atoms with Crippen LogP contribution >= 0.6 is 0 Å². The van der Waals surface area contributed by atoms with Crippen LogP contribution in [0.3, 0.4) is 0 Å². The summed E-state index contributed by atoms with van der Waals surface area (Å²) >= 11 is 0. The molecule has 0 heterocycles. The zero-order valence-electron chi connectivity index (χ0n) is 6.65. The highest BCUT2D eigenvalue weighted by Gasteiger charge is 2.45. The first-order valence-electron chi connectivity index (χ1n) is 4.02. The van der Waals surface area contributed by atoms with Gasteiger partial charge in [0.15, 0.2) is 0 Å². The normalized spacial score (nSPS) is 41.0. The molecule has 1 saturated carbocycles. The van der Waals surface area contributed by atoms with E-state index in [4.69, 9.17) is 0 Å². The van der Waals surface area contributed by atoms with E-state index in [-0.39, 0.29) is 0 Å². The Morgan fingerprint density at radius 1 is 1.11 bits per heavy atom. The van der Waals surface area contributed by atoms with E-state index in [0.29, 0.717) is 0 Å². The van der Waals surface area contributed by atoms with Gasteiger partial charge in [-0.2, -0.15) is 0 Å². The first kappa shape index (κ1) is 7.07. The standard InChI is InChI=1S/C8H17N/c1-4-6-7(5-2)8(6)9-3/h6-9H,4-5H2,1-3H3/t6-,7-/m1/s1. The van der Waals surface area contributed by atoms with E-state index < -0.39 is 0 Å². The summed E-state index contributed by atoms with van der Waals surface area (Å²) in [7, 11) is 2.07. The van der Waals surface area contributed by atoms with E-state index in [2.05, 4.69) is 26.2 Å². The molecule has 1 rings (SSSR count). The molecule has 1 heteroatoms. The molecule has 0 aromatic rings. The summed E-state index contributed by atoms with van der Waals surface area (Å²) in [6.45, 7) is 4.56. The number of rotatable bonds is 3. The molecule has 0 saturated heterocycles. The van der Waals surface area contributed by atoms with Crippen molar-refractivity contribution in [2.24, 2.45) is 11.8 Å². The Balaban J connectivity index is 2.26. The smallest absolute Gasteiger partial charge is 0.0127 e. The van der Waals surface area contributed by atoms with E-state index in [1.54, 1.807) is 0 Å². The second-order valence-corrected chi connectivity index (χ2v) is 2.96. The molecule has 0 amide bonds. The molecule has 0 bridgehead atoms. The lowest BCUT2D eigenvalue weighted by molar-refractivity contribution is 0.663. The molecule has 1 aliphatic carbocycles. The monoisotopic (exact) mass is 127 g/mol. The molecule has 54 valence electrons. The molecule has 0 radical (unpaired) electrons. The van der Waals surface area contributed by atoms with Gasteiger partial charge in [-0.1, -0.05) is 26.7 Å². The Morgan fingerprint density at radius 2 is 1.56 bits per heavy atom. The van der Waals surface area contributed by atoms with Crippen LogP contribution in [0.1, 0.15) is 26.7 Å². The van der Waals surface area contributed by atoms with Gasteiger partial charge in [-0.25, -0.2) is 0 Å². The molecular formula is C8H17N. The third-order valence-corrected chi connectivity index (χ3v) is 2.61. The summed E-state index contributed by atoms with van der Waals surface area (Å²) in [5.41, 5.74) is 0. The fourth-order valence-electron chi connectivity index (χ4n) is 1.99. The van der Waals surface area contributed by atoms with Crippen molar-refractivity contribution in [2.75, 3.05) is 7.05 Å². The quantitative estimate of drug-likeness (QED) is 0.607. The van der Waals surface area contributed by atoms with Crippen LogP contribution < -0.4 is 5.32 Å². The predicted octanol–water partition coefficient (Wildman–Crippen LogP) is 1.64. The average molecular weight is 127 g/mol. The Bertz CT molecular complexity index is 65.5. The van der Waals surface area contributed by atoms with Crippen LogP contribution in [0.5, 0.6) is 0 Å². The minimum absolute atomic E-state index is 0.847. The highest BCUT2D eigenvalue weighted by atomic mass is 15.0. The molecule has 0 aliphatic heterocycles. The SMILES string of the molecule is CC[C@H]1C(NC)[C@@H]1CC. The maximum Gasteiger partial charge on any atom is 0.0127 e. The highest BCUT2D eigenvalue weighted by Crippen LogP contribution is 2.43. The maximum absolute atomic E-state index is 3.34. The van der Waals surface area contributed by atoms with E-state index in [0.717, 1.165) is 17.9 Å². The largest absolute Gasteiger partial charge is 0.316 e. The Labute approximate surface area is 57.8 Å². The average Bonchev–Trinajstić information content (AvgIpc) is 2.59. The molecule has 1 nitrogen and oxygen atoms in total. The third kappa shape index (κ3) is 1.11. The van der Waals surface area contributed by atoms with Crippen molar-refractivity contribution < 1.29 is 0 Å². The van der Waals surface area contributed by atoms with Crippen LogP contribution in [-0.4, -0.2) is 13.1 Å². The summed E-state index contributed by atoms with van der Waals surface area (Å²) in [4.78, 5) is 0. The molecule has 1 N–H and O–H groups in total. The first-order chi connectivity index (χ1) is 4.35. The predicted molar refractivity (Wildman–Crippen MR) is 40.4 cm³/mol. The van der Waals surface area contributed by atoms with E-state index in [1.807, 2.05) is 0 Å². The molecule has 9 heavy (non-hydrogen) atoms. The summed E-state index contributed by atoms with van der Waals surface area (Å²) in [6.07, 6.45) is 2.70. The Morgan fingerprint density at radius 3 is 1.67 bits per heavy atom. The van der Waals surface area contributed by atoms with Crippen molar-refractivity contribution in [3.8, 4) is 0 Å². The van der Waals surface area contributed by atoms with Gasteiger partial charge in [-0.3, -0.25) is 0 Å². The minimum atomic E-state index is 0.847. The van der Waals surface area contributed by atoms with Gasteiger partial charge in [0, 0.05) is 6.04 Å². The van der Waals surface area contributed by atoms with E-state index >= 15 is 0 Å². The molecule has 2 atom stereocenters. The Kier molecular flexibility index (Phi) is 2.12. The number of nitrogens with one attached hydrogen (secondary N) is 1. The van der Waals surface area contributed by atoms with Crippen molar-refractivity contribution >= 4 is 0 Å². The fraction of sp³-hybridized carbons (Fsp3) is 1.00. The molecule has 0 unspecified atom stereocenters. The van der Waals surface area contributed by atoms with Crippen LogP contribution in [0.2, 0.25) is 0 Å². The Hall–Kier alpha value is -0.0400. The summed E-state index contributed by atoms with van der Waals surface area (Å²) in [6, 6.07) is 0.847. The zero-order valence-corrected chi connectivity index (χ0v) is 6.65. The van der Waals surface area contributed by atoms with Gasteiger partial charge >= 0.3 is 0 Å². The molecule has 0 aromatic heterocycles. The van der Waals surface area contributed by atoms with Crippen LogP contribution in [-0.2, 0) is 0 Å². The molecule has 0 aromatic carbocycles. The summed E-state index contributed by atoms with van der Waals surface area (Å²) in [5, 5.41) is 3.34. The fourth-order valence-corrected chi connectivity index (χ4v) is 1.99. The summed E-state index contributed by atoms with van der Waals surface area (Å²) < 4.78 is 0. The lowest BCUT2D eigenvalue weighted by Crippen LogP contribution is -2.12. The zero-order chi connectivity index (χ0) is 6.85. The molecule has 1 aliphatic rings. The maximum atomic E-state index is 3.34. The summed E-state index contributed by atoms with van der Waals surface area (Å²) in [5.74, 6) is 1.97. The second-order valence-electron chi connectivity index (χ2n) is 2.96. The second kappa shape index (κ2) is 2.70. The molecule has 0 spiro atoms. The van der Waals surface area contributed by atoms with Gasteiger partial charge in [0.25, 0.3) is 0 Å². The topological polar surface area (TPSA) is 12.0 Å². The van der Waals surface area contributed by atoms with Gasteiger partial charge in [-0.15, -0.1) is 0 Å². The van der Waals surface area contributed by atoms with Crippen LogP contribution in [0.25, 0.3) is 0 Å². The van der Waals surface area contributed by atoms with Crippen molar-refractivity contribution in [3.63, 3.8) is 0 Å². The lowest BCUT2D eigenvalue weighted by Gasteiger charge is -1.89. The highest BCUT2D eigenvalue weighted by molar-refractivity contribution is 5.00. The van der Waals surface area contributed by atoms with Gasteiger partial charge in [0.2, 0.25) is 0 Å². The van der Waals surface area contributed by atoms with Crippen molar-refractivity contribution in [3.05, 3.63) is 0 Å². The van der Waals surface area contributed by atoms with Gasteiger partial charge in [0.05, 0.1) is 0 Å². The van der Waals surface area contributed by atoms with Crippen molar-refractivity contribution in [1.29, 1.82) is 0 Å². The van der Waals surface area contributed by atoms with E-state index in [1.165, 1.54) is 12.8 Å². The number of hydrogen-bond acceptors (Lipinski definition) is 1. The molecule has 1 fully saturated rings. The van der Waals surface area contributed by atoms with Crippen molar-refractivity contribution in [2.45, 2.75) is 32.7 Å². The molecular weight excluding hydrogens is 110 g/mol. The third-order valence-electron chi connectivity index (χ3n) is 2.61. The van der Waals surface area contributed by atoms with Crippen molar-refractivity contribution in [1.82, 2.24) is 5.32 Å². The first-order valence-corrected chi connectivity index (χ1v) is 4.02.